The number of carbonyl (C=O) groups excluding carboxylic acids is 2. The number of aromatic nitrogens is 4. The lowest BCUT2D eigenvalue weighted by atomic mass is 10.1. The second kappa shape index (κ2) is 10.1. The maximum atomic E-state index is 13.0. The lowest BCUT2D eigenvalue weighted by Gasteiger charge is -2.09. The lowest BCUT2D eigenvalue weighted by molar-refractivity contribution is -0.122. The Balaban J connectivity index is 1.28. The summed E-state index contributed by atoms with van der Waals surface area (Å²) in [6, 6.07) is 25.8. The van der Waals surface area contributed by atoms with E-state index in [1.165, 1.54) is 10.9 Å². The third-order valence-corrected chi connectivity index (χ3v) is 5.65. The highest BCUT2D eigenvalue weighted by atomic mass is 16.2. The van der Waals surface area contributed by atoms with E-state index in [4.69, 9.17) is 0 Å². The third-order valence-electron chi connectivity index (χ3n) is 5.65. The van der Waals surface area contributed by atoms with E-state index < -0.39 is 11.8 Å². The first kappa shape index (κ1) is 22.7. The average molecular weight is 479 g/mol. The molecule has 0 saturated carbocycles. The molecule has 0 aliphatic carbocycles. The van der Waals surface area contributed by atoms with Gasteiger partial charge in [0.05, 0.1) is 28.5 Å². The number of fused-ring (bicyclic) bond motifs is 1. The molecule has 2 N–H and O–H groups in total. The molecular weight excluding hydrogens is 456 g/mol. The number of benzene rings is 3. The van der Waals surface area contributed by atoms with Crippen LogP contribution in [0.3, 0.4) is 0 Å². The number of hydrogen-bond acceptors (Lipinski definition) is 5. The first-order valence-corrected chi connectivity index (χ1v) is 11.3. The fourth-order valence-electron chi connectivity index (χ4n) is 3.81. The van der Waals surface area contributed by atoms with Crippen LogP contribution in [0.2, 0.25) is 0 Å². The molecule has 9 nitrogen and oxygen atoms in total. The zero-order valence-corrected chi connectivity index (χ0v) is 19.2. The van der Waals surface area contributed by atoms with Crippen molar-refractivity contribution in [2.24, 2.45) is 0 Å². The van der Waals surface area contributed by atoms with Crippen LogP contribution in [0, 0.1) is 0 Å². The monoisotopic (exact) mass is 478 g/mol. The van der Waals surface area contributed by atoms with E-state index in [0.29, 0.717) is 22.2 Å². The highest BCUT2D eigenvalue weighted by Gasteiger charge is 2.19. The lowest BCUT2D eigenvalue weighted by Crippen LogP contribution is -2.42. The van der Waals surface area contributed by atoms with Crippen molar-refractivity contribution in [1.82, 2.24) is 30.2 Å². The van der Waals surface area contributed by atoms with Gasteiger partial charge in [0.15, 0.2) is 0 Å². The molecule has 0 radical (unpaired) electrons. The van der Waals surface area contributed by atoms with Crippen LogP contribution in [0.5, 0.6) is 0 Å². The predicted molar refractivity (Wildman–Crippen MR) is 135 cm³/mol. The van der Waals surface area contributed by atoms with Gasteiger partial charge in [-0.25, -0.2) is 9.67 Å². The summed E-state index contributed by atoms with van der Waals surface area (Å²) in [5.41, 5.74) is 7.62. The summed E-state index contributed by atoms with van der Waals surface area (Å²) in [4.78, 5) is 42.3. The van der Waals surface area contributed by atoms with Gasteiger partial charge in [0.2, 0.25) is 5.91 Å². The Bertz CT molecular complexity index is 1590. The number of nitrogens with one attached hydrogen (secondary N) is 2. The fourth-order valence-corrected chi connectivity index (χ4v) is 3.81. The van der Waals surface area contributed by atoms with Gasteiger partial charge in [-0.1, -0.05) is 60.7 Å². The van der Waals surface area contributed by atoms with Crippen molar-refractivity contribution in [2.75, 3.05) is 0 Å². The zero-order chi connectivity index (χ0) is 24.9. The van der Waals surface area contributed by atoms with Crippen molar-refractivity contribution in [1.29, 1.82) is 0 Å². The van der Waals surface area contributed by atoms with Crippen molar-refractivity contribution in [3.05, 3.63) is 113 Å². The van der Waals surface area contributed by atoms with Gasteiger partial charge < -0.3 is 0 Å². The summed E-state index contributed by atoms with van der Waals surface area (Å²) in [6.45, 7) is 0.125. The summed E-state index contributed by atoms with van der Waals surface area (Å²) < 4.78 is 3.00. The number of amides is 2. The molecule has 9 heteroatoms. The highest BCUT2D eigenvalue weighted by Crippen LogP contribution is 2.23. The first-order valence-electron chi connectivity index (χ1n) is 11.3. The van der Waals surface area contributed by atoms with Crippen LogP contribution in [-0.4, -0.2) is 31.1 Å². The van der Waals surface area contributed by atoms with Gasteiger partial charge in [-0.2, -0.15) is 5.10 Å². The highest BCUT2D eigenvalue weighted by molar-refractivity contribution is 6.00. The largest absolute Gasteiger partial charge is 0.298 e. The molecule has 0 bridgehead atoms. The van der Waals surface area contributed by atoms with Gasteiger partial charge in [-0.05, 0) is 24.3 Å². The quantitative estimate of drug-likeness (QED) is 0.365. The topological polar surface area (TPSA) is 111 Å². The van der Waals surface area contributed by atoms with E-state index in [-0.39, 0.29) is 18.5 Å². The number of carbonyl (C=O) groups is 2. The first-order chi connectivity index (χ1) is 17.6. The minimum atomic E-state index is -0.506. The van der Waals surface area contributed by atoms with Crippen LogP contribution in [-0.2, 0) is 11.3 Å². The van der Waals surface area contributed by atoms with Gasteiger partial charge in [0.1, 0.15) is 5.69 Å². The number of hydrazine groups is 1. The van der Waals surface area contributed by atoms with E-state index >= 15 is 0 Å². The normalized spacial score (nSPS) is 10.8. The molecule has 0 saturated heterocycles. The molecule has 2 aromatic heterocycles. The van der Waals surface area contributed by atoms with Crippen LogP contribution < -0.4 is 16.4 Å². The van der Waals surface area contributed by atoms with Crippen LogP contribution in [0.25, 0.3) is 27.8 Å². The van der Waals surface area contributed by atoms with E-state index in [2.05, 4.69) is 20.9 Å². The van der Waals surface area contributed by atoms with Gasteiger partial charge in [-0.3, -0.25) is 29.8 Å². The molecule has 36 heavy (non-hydrogen) atoms. The number of hydrogen-bond donors (Lipinski definition) is 2. The van der Waals surface area contributed by atoms with Crippen LogP contribution in [0.15, 0.2) is 102 Å². The Morgan fingerprint density at radius 1 is 0.833 bits per heavy atom. The Kier molecular flexibility index (Phi) is 6.35. The smallest absolute Gasteiger partial charge is 0.273 e. The van der Waals surface area contributed by atoms with Crippen molar-refractivity contribution in [3.63, 3.8) is 0 Å². The molecular formula is C27H22N6O3. The summed E-state index contributed by atoms with van der Waals surface area (Å²) in [5, 5.41) is 5.09. The maximum Gasteiger partial charge on any atom is 0.273 e. The second-order valence-corrected chi connectivity index (χ2v) is 8.05. The molecule has 5 aromatic rings. The van der Waals surface area contributed by atoms with E-state index in [1.54, 1.807) is 29.1 Å². The molecule has 178 valence electrons. The molecule has 0 atom stereocenters. The van der Waals surface area contributed by atoms with E-state index in [1.807, 2.05) is 66.7 Å². The van der Waals surface area contributed by atoms with E-state index in [0.717, 1.165) is 11.3 Å². The number of para-hydroxylation sites is 2. The molecule has 0 aliphatic heterocycles. The number of aryl methyl sites for hydroxylation is 1. The summed E-state index contributed by atoms with van der Waals surface area (Å²) in [7, 11) is 0. The molecule has 0 aliphatic rings. The molecule has 5 rings (SSSR count). The molecule has 2 heterocycles. The van der Waals surface area contributed by atoms with Crippen LogP contribution >= 0.6 is 0 Å². The fraction of sp³-hybridized carbons (Fsp3) is 0.0741. The minimum Gasteiger partial charge on any atom is -0.298 e. The Hall–Kier alpha value is -5.05. The SMILES string of the molecule is O=C(CCn1cnc2ccccc2c1=O)NNC(=O)c1cn(-c2ccccc2)nc1-c1ccccc1. The maximum absolute atomic E-state index is 13.0. The summed E-state index contributed by atoms with van der Waals surface area (Å²) in [6.07, 6.45) is 3.02. The van der Waals surface area contributed by atoms with Gasteiger partial charge in [0.25, 0.3) is 11.5 Å². The van der Waals surface area contributed by atoms with Crippen LogP contribution in [0.1, 0.15) is 16.8 Å². The Labute approximate surface area is 206 Å². The minimum absolute atomic E-state index is 0.0188. The number of nitrogens with zero attached hydrogens (tertiary/aromatic N) is 4. The summed E-state index contributed by atoms with van der Waals surface area (Å²) >= 11 is 0. The Morgan fingerprint density at radius 3 is 2.31 bits per heavy atom. The van der Waals surface area contributed by atoms with Gasteiger partial charge in [0, 0.05) is 24.7 Å². The predicted octanol–water partition coefficient (Wildman–Crippen LogP) is 3.10. The average Bonchev–Trinajstić information content (AvgIpc) is 3.38. The van der Waals surface area contributed by atoms with Crippen molar-refractivity contribution in [2.45, 2.75) is 13.0 Å². The standard InChI is InChI=1S/C27H22N6O3/c34-24(15-16-32-18-28-23-14-8-7-13-21(23)27(32)36)29-30-26(35)22-17-33(20-11-5-2-6-12-20)31-25(22)19-9-3-1-4-10-19/h1-14,17-18H,15-16H2,(H,29,34)(H,30,35). The molecule has 3 aromatic carbocycles. The van der Waals surface area contributed by atoms with Gasteiger partial charge >= 0.3 is 0 Å². The molecule has 0 fully saturated rings. The molecule has 0 spiro atoms. The third kappa shape index (κ3) is 4.76. The van der Waals surface area contributed by atoms with Gasteiger partial charge in [-0.15, -0.1) is 0 Å². The zero-order valence-electron chi connectivity index (χ0n) is 19.2. The Morgan fingerprint density at radius 2 is 1.53 bits per heavy atom. The number of rotatable bonds is 6. The van der Waals surface area contributed by atoms with Crippen molar-refractivity contribution in [3.8, 4) is 16.9 Å². The van der Waals surface area contributed by atoms with E-state index in [9.17, 15) is 14.4 Å². The second-order valence-electron chi connectivity index (χ2n) is 8.05. The molecule has 2 amide bonds. The van der Waals surface area contributed by atoms with Crippen molar-refractivity contribution >= 4 is 22.7 Å². The van der Waals surface area contributed by atoms with Crippen molar-refractivity contribution < 1.29 is 9.59 Å². The van der Waals surface area contributed by atoms with Crippen LogP contribution in [0.4, 0.5) is 0 Å². The molecule has 0 unspecified atom stereocenters. The summed E-state index contributed by atoms with van der Waals surface area (Å²) in [5.74, 6) is -0.950.